The molecule has 0 bridgehead atoms. The van der Waals surface area contributed by atoms with Crippen LogP contribution in [0, 0.1) is 6.92 Å². The van der Waals surface area contributed by atoms with Gasteiger partial charge in [0.1, 0.15) is 6.54 Å². The van der Waals surface area contributed by atoms with Crippen molar-refractivity contribution in [1.82, 2.24) is 4.98 Å². The molecule has 3 aromatic rings. The maximum Gasteiger partial charge on any atom is 0.244 e. The molecule has 0 radical (unpaired) electrons. The van der Waals surface area contributed by atoms with Gasteiger partial charge in [-0.05, 0) is 31.2 Å². The number of fused-ring (bicyclic) bond motifs is 1. The van der Waals surface area contributed by atoms with Crippen LogP contribution in [0.2, 0.25) is 0 Å². The number of nitrogens with one attached hydrogen (secondary N) is 1. The van der Waals surface area contributed by atoms with E-state index in [1.165, 1.54) is 11.8 Å². The molecule has 5 nitrogen and oxygen atoms in total. The molecule has 0 saturated carbocycles. The van der Waals surface area contributed by atoms with Gasteiger partial charge in [-0.3, -0.25) is 14.6 Å². The predicted molar refractivity (Wildman–Crippen MR) is 99.6 cm³/mol. The van der Waals surface area contributed by atoms with E-state index in [-0.39, 0.29) is 18.4 Å². The third kappa shape index (κ3) is 3.83. The van der Waals surface area contributed by atoms with E-state index >= 15 is 0 Å². The predicted octanol–water partition coefficient (Wildman–Crippen LogP) is 3.53. The molecule has 0 fully saturated rings. The Morgan fingerprint density at radius 3 is 2.48 bits per heavy atom. The summed E-state index contributed by atoms with van der Waals surface area (Å²) >= 11 is 0. The van der Waals surface area contributed by atoms with Gasteiger partial charge in [-0.25, -0.2) is 0 Å². The summed E-state index contributed by atoms with van der Waals surface area (Å²) in [6.07, 6.45) is 1.68. The Kier molecular flexibility index (Phi) is 4.75. The number of anilines is 2. The zero-order valence-corrected chi connectivity index (χ0v) is 14.2. The Morgan fingerprint density at radius 2 is 1.76 bits per heavy atom. The van der Waals surface area contributed by atoms with Crippen LogP contribution in [0.15, 0.2) is 60.8 Å². The summed E-state index contributed by atoms with van der Waals surface area (Å²) in [6.45, 7) is 3.36. The molecule has 0 spiro atoms. The van der Waals surface area contributed by atoms with Crippen molar-refractivity contribution < 1.29 is 9.59 Å². The van der Waals surface area contributed by atoms with Gasteiger partial charge in [0.25, 0.3) is 0 Å². The fourth-order valence-electron chi connectivity index (χ4n) is 2.65. The fourth-order valence-corrected chi connectivity index (χ4v) is 2.65. The van der Waals surface area contributed by atoms with Crippen molar-refractivity contribution in [3.05, 3.63) is 66.4 Å². The molecule has 0 saturated heterocycles. The average molecular weight is 333 g/mol. The van der Waals surface area contributed by atoms with E-state index in [0.717, 1.165) is 10.9 Å². The van der Waals surface area contributed by atoms with Gasteiger partial charge in [-0.1, -0.05) is 35.9 Å². The van der Waals surface area contributed by atoms with Crippen molar-refractivity contribution in [3.63, 3.8) is 0 Å². The first kappa shape index (κ1) is 16.6. The minimum atomic E-state index is -0.257. The van der Waals surface area contributed by atoms with Crippen LogP contribution in [0.4, 0.5) is 11.4 Å². The first-order valence-corrected chi connectivity index (χ1v) is 8.03. The normalized spacial score (nSPS) is 10.5. The lowest BCUT2D eigenvalue weighted by Crippen LogP contribution is -2.36. The van der Waals surface area contributed by atoms with E-state index < -0.39 is 0 Å². The van der Waals surface area contributed by atoms with Gasteiger partial charge < -0.3 is 10.2 Å². The third-order valence-electron chi connectivity index (χ3n) is 3.92. The van der Waals surface area contributed by atoms with Gasteiger partial charge >= 0.3 is 0 Å². The number of carbonyl (C=O) groups is 2. The van der Waals surface area contributed by atoms with E-state index in [2.05, 4.69) is 10.3 Å². The number of aromatic nitrogens is 1. The SMILES string of the molecule is CC(=O)N(CC(=O)Nc1ccc(C)cc1)c1cccc2cccnc12. The minimum absolute atomic E-state index is 0.0705. The summed E-state index contributed by atoms with van der Waals surface area (Å²) in [4.78, 5) is 30.3. The molecule has 0 atom stereocenters. The number of nitrogens with zero attached hydrogens (tertiary/aromatic N) is 2. The lowest BCUT2D eigenvalue weighted by Gasteiger charge is -2.22. The van der Waals surface area contributed by atoms with Crippen molar-refractivity contribution in [2.24, 2.45) is 0 Å². The maximum atomic E-state index is 12.4. The number of para-hydroxylation sites is 1. The zero-order chi connectivity index (χ0) is 17.8. The zero-order valence-electron chi connectivity index (χ0n) is 14.2. The molecule has 1 heterocycles. The summed E-state index contributed by atoms with van der Waals surface area (Å²) in [7, 11) is 0. The van der Waals surface area contributed by atoms with E-state index in [9.17, 15) is 9.59 Å². The minimum Gasteiger partial charge on any atom is -0.325 e. The van der Waals surface area contributed by atoms with Crippen LogP contribution in [-0.2, 0) is 9.59 Å². The van der Waals surface area contributed by atoms with Crippen molar-refractivity contribution in [1.29, 1.82) is 0 Å². The van der Waals surface area contributed by atoms with E-state index in [1.807, 2.05) is 55.5 Å². The standard InChI is InChI=1S/C20H19N3O2/c1-14-8-10-17(11-9-14)22-19(25)13-23(15(2)24)18-7-3-5-16-6-4-12-21-20(16)18/h3-12H,13H2,1-2H3,(H,22,25). The molecule has 3 rings (SSSR count). The lowest BCUT2D eigenvalue weighted by molar-refractivity contribution is -0.120. The lowest BCUT2D eigenvalue weighted by atomic mass is 10.1. The fraction of sp³-hybridized carbons (Fsp3) is 0.150. The second-order valence-electron chi connectivity index (χ2n) is 5.87. The second-order valence-corrected chi connectivity index (χ2v) is 5.87. The van der Waals surface area contributed by atoms with Gasteiger partial charge in [0.2, 0.25) is 11.8 Å². The number of amides is 2. The Balaban J connectivity index is 1.85. The van der Waals surface area contributed by atoms with Crippen LogP contribution in [0.25, 0.3) is 10.9 Å². The molecular weight excluding hydrogens is 314 g/mol. The van der Waals surface area contributed by atoms with Crippen LogP contribution in [-0.4, -0.2) is 23.3 Å². The molecular formula is C20H19N3O2. The van der Waals surface area contributed by atoms with E-state index in [0.29, 0.717) is 16.9 Å². The van der Waals surface area contributed by atoms with Crippen molar-refractivity contribution in [2.45, 2.75) is 13.8 Å². The molecule has 5 heteroatoms. The molecule has 0 aliphatic carbocycles. The molecule has 1 aromatic heterocycles. The number of hydrogen-bond donors (Lipinski definition) is 1. The van der Waals surface area contributed by atoms with Crippen LogP contribution < -0.4 is 10.2 Å². The van der Waals surface area contributed by atoms with Crippen LogP contribution in [0.3, 0.4) is 0 Å². The highest BCUT2D eigenvalue weighted by atomic mass is 16.2. The number of aryl methyl sites for hydroxylation is 1. The summed E-state index contributed by atoms with van der Waals surface area (Å²) in [5, 5.41) is 3.74. The highest BCUT2D eigenvalue weighted by Crippen LogP contribution is 2.25. The molecule has 25 heavy (non-hydrogen) atoms. The monoisotopic (exact) mass is 333 g/mol. The summed E-state index contributed by atoms with van der Waals surface area (Å²) in [5.74, 6) is -0.468. The molecule has 2 amide bonds. The second kappa shape index (κ2) is 7.13. The topological polar surface area (TPSA) is 62.3 Å². The van der Waals surface area contributed by atoms with Crippen LogP contribution >= 0.6 is 0 Å². The highest BCUT2D eigenvalue weighted by Gasteiger charge is 2.18. The van der Waals surface area contributed by atoms with Crippen molar-refractivity contribution in [2.75, 3.05) is 16.8 Å². The molecule has 126 valence electrons. The largest absolute Gasteiger partial charge is 0.325 e. The van der Waals surface area contributed by atoms with Crippen LogP contribution in [0.5, 0.6) is 0 Å². The quantitative estimate of drug-likeness (QED) is 0.794. The summed E-state index contributed by atoms with van der Waals surface area (Å²) in [5.41, 5.74) is 3.15. The summed E-state index contributed by atoms with van der Waals surface area (Å²) in [6, 6.07) is 16.9. The average Bonchev–Trinajstić information content (AvgIpc) is 2.61. The Bertz CT molecular complexity index is 914. The molecule has 2 aromatic carbocycles. The van der Waals surface area contributed by atoms with Crippen LogP contribution in [0.1, 0.15) is 12.5 Å². The molecule has 1 N–H and O–H groups in total. The van der Waals surface area contributed by atoms with Gasteiger partial charge in [-0.15, -0.1) is 0 Å². The van der Waals surface area contributed by atoms with Crippen molar-refractivity contribution >= 4 is 34.1 Å². The van der Waals surface area contributed by atoms with Gasteiger partial charge in [0, 0.05) is 24.2 Å². The van der Waals surface area contributed by atoms with E-state index in [1.54, 1.807) is 12.3 Å². The first-order valence-electron chi connectivity index (χ1n) is 8.03. The molecule has 0 unspecified atom stereocenters. The number of carbonyl (C=O) groups excluding carboxylic acids is 2. The smallest absolute Gasteiger partial charge is 0.244 e. The Morgan fingerprint density at radius 1 is 1.04 bits per heavy atom. The number of rotatable bonds is 4. The highest BCUT2D eigenvalue weighted by molar-refractivity contribution is 6.06. The van der Waals surface area contributed by atoms with Gasteiger partial charge in [0.05, 0.1) is 11.2 Å². The Hall–Kier alpha value is -3.21. The number of hydrogen-bond acceptors (Lipinski definition) is 3. The van der Waals surface area contributed by atoms with E-state index in [4.69, 9.17) is 0 Å². The molecule has 0 aliphatic heterocycles. The Labute approximate surface area is 146 Å². The molecule has 0 aliphatic rings. The number of pyridine rings is 1. The van der Waals surface area contributed by atoms with Gasteiger partial charge in [0.15, 0.2) is 0 Å². The third-order valence-corrected chi connectivity index (χ3v) is 3.92. The van der Waals surface area contributed by atoms with Gasteiger partial charge in [-0.2, -0.15) is 0 Å². The number of benzene rings is 2. The maximum absolute atomic E-state index is 12.4. The first-order chi connectivity index (χ1) is 12.0. The van der Waals surface area contributed by atoms with Crippen molar-refractivity contribution in [3.8, 4) is 0 Å². The summed E-state index contributed by atoms with van der Waals surface area (Å²) < 4.78 is 0.